The van der Waals surface area contributed by atoms with E-state index in [1.54, 1.807) is 12.1 Å². The molecule has 4 nitrogen and oxygen atoms in total. The lowest BCUT2D eigenvalue weighted by Gasteiger charge is -2.12. The van der Waals surface area contributed by atoms with Gasteiger partial charge in [0.05, 0.1) is 15.4 Å². The topological polar surface area (TPSA) is 58.6 Å². The van der Waals surface area contributed by atoms with Gasteiger partial charge < -0.3 is 15.2 Å². The molecule has 0 aromatic heterocycles. The number of rotatable bonds is 6. The van der Waals surface area contributed by atoms with Gasteiger partial charge >= 0.3 is 5.97 Å². The lowest BCUT2D eigenvalue weighted by Crippen LogP contribution is -2.02. The van der Waals surface area contributed by atoms with Crippen LogP contribution in [0.2, 0.25) is 0 Å². The van der Waals surface area contributed by atoms with Crippen LogP contribution in [0, 0.1) is 0 Å². The van der Waals surface area contributed by atoms with E-state index in [9.17, 15) is 4.79 Å². The standard InChI is InChI=1S/C16H15Br2NO3/c1-19-12-4-2-3-10(5-12)9-22-16-13(17)6-11(7-14(16)18)8-15(20)21/h2-7,19H,8-9H2,1H3,(H,20,21). The van der Waals surface area contributed by atoms with E-state index >= 15 is 0 Å². The summed E-state index contributed by atoms with van der Waals surface area (Å²) in [7, 11) is 1.87. The third-order valence-corrected chi connectivity index (χ3v) is 4.19. The Morgan fingerprint density at radius 2 is 1.86 bits per heavy atom. The van der Waals surface area contributed by atoms with Crippen molar-refractivity contribution in [2.24, 2.45) is 0 Å². The Hall–Kier alpha value is -1.53. The number of anilines is 1. The van der Waals surface area contributed by atoms with E-state index in [-0.39, 0.29) is 6.42 Å². The van der Waals surface area contributed by atoms with Crippen LogP contribution in [0.15, 0.2) is 45.3 Å². The lowest BCUT2D eigenvalue weighted by molar-refractivity contribution is -0.136. The number of nitrogens with one attached hydrogen (secondary N) is 1. The number of ether oxygens (including phenoxy) is 1. The molecule has 0 amide bonds. The molecular formula is C16H15Br2NO3. The average Bonchev–Trinajstić information content (AvgIpc) is 2.46. The number of carboxylic acid groups (broad SMARTS) is 1. The zero-order valence-electron chi connectivity index (χ0n) is 11.9. The van der Waals surface area contributed by atoms with Gasteiger partial charge in [-0.15, -0.1) is 0 Å². The highest BCUT2D eigenvalue weighted by molar-refractivity contribution is 9.11. The summed E-state index contributed by atoms with van der Waals surface area (Å²) < 4.78 is 7.29. The molecule has 0 atom stereocenters. The second kappa shape index (κ2) is 7.65. The Morgan fingerprint density at radius 1 is 1.18 bits per heavy atom. The van der Waals surface area contributed by atoms with E-state index in [0.717, 1.165) is 20.2 Å². The Labute approximate surface area is 145 Å². The fourth-order valence-electron chi connectivity index (χ4n) is 2.00. The molecule has 0 aliphatic carbocycles. The molecule has 2 rings (SSSR count). The predicted molar refractivity (Wildman–Crippen MR) is 93.5 cm³/mol. The van der Waals surface area contributed by atoms with Gasteiger partial charge in [0.15, 0.2) is 0 Å². The van der Waals surface area contributed by atoms with Crippen molar-refractivity contribution in [3.63, 3.8) is 0 Å². The van der Waals surface area contributed by atoms with E-state index in [2.05, 4.69) is 37.2 Å². The third kappa shape index (κ3) is 4.48. The summed E-state index contributed by atoms with van der Waals surface area (Å²) in [6.07, 6.45) is -0.0261. The van der Waals surface area contributed by atoms with Crippen LogP contribution >= 0.6 is 31.9 Å². The largest absolute Gasteiger partial charge is 0.487 e. The third-order valence-electron chi connectivity index (χ3n) is 3.01. The molecule has 0 heterocycles. The molecular weight excluding hydrogens is 414 g/mol. The van der Waals surface area contributed by atoms with Crippen molar-refractivity contribution in [3.8, 4) is 5.75 Å². The van der Waals surface area contributed by atoms with Gasteiger partial charge in [0.2, 0.25) is 0 Å². The number of hydrogen-bond acceptors (Lipinski definition) is 3. The molecule has 0 saturated carbocycles. The van der Waals surface area contributed by atoms with Crippen LogP contribution in [0.5, 0.6) is 5.75 Å². The first-order valence-corrected chi connectivity index (χ1v) is 8.17. The second-order valence-electron chi connectivity index (χ2n) is 4.70. The Kier molecular flexibility index (Phi) is 5.85. The van der Waals surface area contributed by atoms with E-state index < -0.39 is 5.97 Å². The summed E-state index contributed by atoms with van der Waals surface area (Å²) in [5.74, 6) is -0.208. The van der Waals surface area contributed by atoms with Gasteiger partial charge in [0.1, 0.15) is 12.4 Å². The zero-order chi connectivity index (χ0) is 16.1. The van der Waals surface area contributed by atoms with E-state index in [1.165, 1.54) is 0 Å². The van der Waals surface area contributed by atoms with E-state index in [0.29, 0.717) is 17.9 Å². The predicted octanol–water partition coefficient (Wildman–Crippen LogP) is 4.46. The summed E-state index contributed by atoms with van der Waals surface area (Å²) in [5, 5.41) is 11.9. The normalized spacial score (nSPS) is 10.3. The van der Waals surface area contributed by atoms with Gasteiger partial charge in [-0.25, -0.2) is 0 Å². The van der Waals surface area contributed by atoms with Crippen LogP contribution in [0.3, 0.4) is 0 Å². The number of aliphatic carboxylic acids is 1. The van der Waals surface area contributed by atoms with Gasteiger partial charge in [0, 0.05) is 12.7 Å². The average molecular weight is 429 g/mol. The Morgan fingerprint density at radius 3 is 2.45 bits per heavy atom. The maximum absolute atomic E-state index is 10.8. The first-order valence-electron chi connectivity index (χ1n) is 6.59. The molecule has 6 heteroatoms. The second-order valence-corrected chi connectivity index (χ2v) is 6.41. The van der Waals surface area contributed by atoms with Crippen LogP contribution in [-0.4, -0.2) is 18.1 Å². The first-order chi connectivity index (χ1) is 10.5. The summed E-state index contributed by atoms with van der Waals surface area (Å²) in [5.41, 5.74) is 2.77. The fraction of sp³-hybridized carbons (Fsp3) is 0.188. The first kappa shape index (κ1) is 16.8. The van der Waals surface area contributed by atoms with Gasteiger partial charge in [-0.05, 0) is 67.3 Å². The maximum atomic E-state index is 10.8. The zero-order valence-corrected chi connectivity index (χ0v) is 15.1. The molecule has 0 aliphatic heterocycles. The molecule has 116 valence electrons. The van der Waals surface area contributed by atoms with E-state index in [4.69, 9.17) is 9.84 Å². The number of carboxylic acids is 1. The minimum Gasteiger partial charge on any atom is -0.487 e. The molecule has 0 saturated heterocycles. The van der Waals surface area contributed by atoms with Gasteiger partial charge in [-0.2, -0.15) is 0 Å². The quantitative estimate of drug-likeness (QED) is 0.713. The highest BCUT2D eigenvalue weighted by Gasteiger charge is 2.11. The number of hydrogen-bond donors (Lipinski definition) is 2. The van der Waals surface area contributed by atoms with Crippen molar-refractivity contribution in [1.29, 1.82) is 0 Å². The molecule has 22 heavy (non-hydrogen) atoms. The number of benzene rings is 2. The molecule has 0 bridgehead atoms. The van der Waals surface area contributed by atoms with Crippen LogP contribution < -0.4 is 10.1 Å². The Bertz CT molecular complexity index is 666. The van der Waals surface area contributed by atoms with Crippen molar-refractivity contribution in [1.82, 2.24) is 0 Å². The number of halogens is 2. The fourth-order valence-corrected chi connectivity index (χ4v) is 3.51. The lowest BCUT2D eigenvalue weighted by atomic mass is 10.1. The highest BCUT2D eigenvalue weighted by atomic mass is 79.9. The van der Waals surface area contributed by atoms with Crippen molar-refractivity contribution >= 4 is 43.5 Å². The summed E-state index contributed by atoms with van der Waals surface area (Å²) in [6, 6.07) is 11.5. The van der Waals surface area contributed by atoms with E-state index in [1.807, 2.05) is 31.3 Å². The minimum absolute atomic E-state index is 0.0261. The Balaban J connectivity index is 2.14. The summed E-state index contributed by atoms with van der Waals surface area (Å²) in [6.45, 7) is 0.422. The number of carbonyl (C=O) groups is 1. The van der Waals surface area contributed by atoms with Crippen molar-refractivity contribution in [3.05, 3.63) is 56.5 Å². The summed E-state index contributed by atoms with van der Waals surface area (Å²) in [4.78, 5) is 10.8. The molecule has 0 fully saturated rings. The highest BCUT2D eigenvalue weighted by Crippen LogP contribution is 2.35. The molecule has 0 unspecified atom stereocenters. The molecule has 2 N–H and O–H groups in total. The minimum atomic E-state index is -0.864. The SMILES string of the molecule is CNc1cccc(COc2c(Br)cc(CC(=O)O)cc2Br)c1. The molecule has 0 radical (unpaired) electrons. The molecule has 2 aromatic rings. The maximum Gasteiger partial charge on any atom is 0.307 e. The monoisotopic (exact) mass is 427 g/mol. The summed E-state index contributed by atoms with van der Waals surface area (Å²) >= 11 is 6.86. The molecule has 0 spiro atoms. The van der Waals surface area contributed by atoms with Crippen LogP contribution in [0.1, 0.15) is 11.1 Å². The van der Waals surface area contributed by atoms with Gasteiger partial charge in [0.25, 0.3) is 0 Å². The van der Waals surface area contributed by atoms with Gasteiger partial charge in [-0.1, -0.05) is 12.1 Å². The van der Waals surface area contributed by atoms with Crippen LogP contribution in [0.25, 0.3) is 0 Å². The van der Waals surface area contributed by atoms with Crippen molar-refractivity contribution in [2.75, 3.05) is 12.4 Å². The van der Waals surface area contributed by atoms with Gasteiger partial charge in [-0.3, -0.25) is 4.79 Å². The van der Waals surface area contributed by atoms with Crippen molar-refractivity contribution < 1.29 is 14.6 Å². The van der Waals surface area contributed by atoms with Crippen LogP contribution in [-0.2, 0) is 17.8 Å². The van der Waals surface area contributed by atoms with Crippen LogP contribution in [0.4, 0.5) is 5.69 Å². The molecule has 2 aromatic carbocycles. The van der Waals surface area contributed by atoms with Crippen molar-refractivity contribution in [2.45, 2.75) is 13.0 Å². The molecule has 0 aliphatic rings. The smallest absolute Gasteiger partial charge is 0.307 e.